The number of amides is 2. The molecule has 0 aliphatic heterocycles. The SMILES string of the molecule is CC[C@H](C(=O)NC1CCCCC1)N(Cc1cccc(C)c1)C(=O)CN(c1ccc(Cl)cc1Cl)S(C)(=O)=O. The smallest absolute Gasteiger partial charge is 0.244 e. The van der Waals surface area contributed by atoms with E-state index in [1.165, 1.54) is 23.1 Å². The van der Waals surface area contributed by atoms with Crippen molar-refractivity contribution in [3.63, 3.8) is 0 Å². The lowest BCUT2D eigenvalue weighted by Gasteiger charge is -2.34. The highest BCUT2D eigenvalue weighted by Gasteiger charge is 2.33. The fourth-order valence-corrected chi connectivity index (χ4v) is 6.17. The first-order chi connectivity index (χ1) is 17.5. The summed E-state index contributed by atoms with van der Waals surface area (Å²) < 4.78 is 26.5. The third-order valence-electron chi connectivity index (χ3n) is 6.63. The van der Waals surface area contributed by atoms with Gasteiger partial charge in [-0.15, -0.1) is 0 Å². The summed E-state index contributed by atoms with van der Waals surface area (Å²) in [6.07, 6.45) is 6.55. The molecule has 3 rings (SSSR count). The largest absolute Gasteiger partial charge is 0.352 e. The van der Waals surface area contributed by atoms with Gasteiger partial charge >= 0.3 is 0 Å². The predicted molar refractivity (Wildman–Crippen MR) is 149 cm³/mol. The van der Waals surface area contributed by atoms with Crippen molar-refractivity contribution in [2.24, 2.45) is 0 Å². The number of hydrogen-bond donors (Lipinski definition) is 1. The van der Waals surface area contributed by atoms with Crippen LogP contribution in [0.5, 0.6) is 0 Å². The monoisotopic (exact) mass is 567 g/mol. The third-order valence-corrected chi connectivity index (χ3v) is 8.29. The molecule has 1 saturated carbocycles. The minimum atomic E-state index is -3.88. The van der Waals surface area contributed by atoms with E-state index in [0.717, 1.165) is 53.8 Å². The maximum atomic E-state index is 13.8. The van der Waals surface area contributed by atoms with E-state index in [1.807, 2.05) is 38.1 Å². The molecule has 202 valence electrons. The Bertz CT molecular complexity index is 1220. The Labute approximate surface area is 230 Å². The molecule has 1 aliphatic rings. The molecule has 0 bridgehead atoms. The number of sulfonamides is 1. The van der Waals surface area contributed by atoms with Crippen LogP contribution in [0.15, 0.2) is 42.5 Å². The minimum absolute atomic E-state index is 0.0895. The first-order valence-corrected chi connectivity index (χ1v) is 15.2. The van der Waals surface area contributed by atoms with Crippen LogP contribution in [-0.2, 0) is 26.2 Å². The molecule has 1 aliphatic carbocycles. The van der Waals surface area contributed by atoms with Gasteiger partial charge in [0.05, 0.1) is 17.0 Å². The first kappa shape index (κ1) is 29.3. The van der Waals surface area contributed by atoms with Crippen LogP contribution in [0.4, 0.5) is 5.69 Å². The standard InChI is InChI=1S/C27H35Cl2N3O4S/c1-4-24(27(34)30-22-11-6-5-7-12-22)31(17-20-10-8-9-19(2)15-20)26(33)18-32(37(3,35)36)25-14-13-21(28)16-23(25)29/h8-10,13-16,22,24H,4-7,11-12,17-18H2,1-3H3,(H,30,34)/t24-/m1/s1. The lowest BCUT2D eigenvalue weighted by molar-refractivity contribution is -0.140. The van der Waals surface area contributed by atoms with Gasteiger partial charge in [0, 0.05) is 17.6 Å². The third kappa shape index (κ3) is 8.09. The van der Waals surface area contributed by atoms with Crippen LogP contribution in [-0.4, -0.2) is 50.0 Å². The molecule has 0 unspecified atom stereocenters. The molecule has 1 atom stereocenters. The minimum Gasteiger partial charge on any atom is -0.352 e. The Hall–Kier alpha value is -2.29. The van der Waals surface area contributed by atoms with E-state index in [2.05, 4.69) is 5.32 Å². The Morgan fingerprint density at radius 2 is 1.78 bits per heavy atom. The number of nitrogens with one attached hydrogen (secondary N) is 1. The van der Waals surface area contributed by atoms with Gasteiger partial charge in [-0.2, -0.15) is 0 Å². The lowest BCUT2D eigenvalue weighted by atomic mass is 9.95. The molecule has 2 aromatic rings. The summed E-state index contributed by atoms with van der Waals surface area (Å²) in [7, 11) is -3.88. The molecular formula is C27H35Cl2N3O4S. The number of rotatable bonds is 10. The Kier molecular flexibility index (Phi) is 10.3. The lowest BCUT2D eigenvalue weighted by Crippen LogP contribution is -2.54. The average Bonchev–Trinajstić information content (AvgIpc) is 2.83. The summed E-state index contributed by atoms with van der Waals surface area (Å²) in [6.45, 7) is 3.48. The summed E-state index contributed by atoms with van der Waals surface area (Å²) in [6, 6.07) is 11.4. The highest BCUT2D eigenvalue weighted by molar-refractivity contribution is 7.92. The normalized spacial score (nSPS) is 15.2. The molecule has 0 radical (unpaired) electrons. The van der Waals surface area contributed by atoms with Crippen molar-refractivity contribution in [3.05, 3.63) is 63.6 Å². The predicted octanol–water partition coefficient (Wildman–Crippen LogP) is 5.32. The molecule has 10 heteroatoms. The van der Waals surface area contributed by atoms with Crippen LogP contribution < -0.4 is 9.62 Å². The summed E-state index contributed by atoms with van der Waals surface area (Å²) in [4.78, 5) is 28.7. The molecule has 0 spiro atoms. The number of nitrogens with zero attached hydrogens (tertiary/aromatic N) is 2. The first-order valence-electron chi connectivity index (χ1n) is 12.6. The molecule has 7 nitrogen and oxygen atoms in total. The van der Waals surface area contributed by atoms with Crippen molar-refractivity contribution in [3.8, 4) is 0 Å². The topological polar surface area (TPSA) is 86.8 Å². The number of hydrogen-bond acceptors (Lipinski definition) is 4. The number of carbonyl (C=O) groups excluding carboxylic acids is 2. The van der Waals surface area contributed by atoms with Crippen molar-refractivity contribution in [1.29, 1.82) is 0 Å². The molecule has 0 aromatic heterocycles. The van der Waals surface area contributed by atoms with Crippen LogP contribution in [0.25, 0.3) is 0 Å². The van der Waals surface area contributed by atoms with Gasteiger partial charge in [0.25, 0.3) is 0 Å². The molecular weight excluding hydrogens is 533 g/mol. The second kappa shape index (κ2) is 13.0. The zero-order chi connectivity index (χ0) is 27.2. The summed E-state index contributed by atoms with van der Waals surface area (Å²) >= 11 is 12.3. The van der Waals surface area contributed by atoms with Crippen LogP contribution in [0, 0.1) is 6.92 Å². The maximum Gasteiger partial charge on any atom is 0.244 e. The van der Waals surface area contributed by atoms with Crippen LogP contribution in [0.1, 0.15) is 56.6 Å². The zero-order valence-electron chi connectivity index (χ0n) is 21.5. The van der Waals surface area contributed by atoms with Gasteiger partial charge in [-0.1, -0.05) is 79.2 Å². The fourth-order valence-electron chi connectivity index (χ4n) is 4.75. The van der Waals surface area contributed by atoms with Gasteiger partial charge in [0.1, 0.15) is 12.6 Å². The van der Waals surface area contributed by atoms with Gasteiger partial charge < -0.3 is 10.2 Å². The molecule has 2 amide bonds. The highest BCUT2D eigenvalue weighted by Crippen LogP contribution is 2.30. The average molecular weight is 569 g/mol. The van der Waals surface area contributed by atoms with Crippen LogP contribution in [0.2, 0.25) is 10.0 Å². The van der Waals surface area contributed by atoms with E-state index in [0.29, 0.717) is 11.4 Å². The van der Waals surface area contributed by atoms with Gasteiger partial charge in [0.15, 0.2) is 0 Å². The number of anilines is 1. The molecule has 37 heavy (non-hydrogen) atoms. The quantitative estimate of drug-likeness (QED) is 0.420. The Morgan fingerprint density at radius 1 is 1.08 bits per heavy atom. The van der Waals surface area contributed by atoms with Crippen molar-refractivity contribution < 1.29 is 18.0 Å². The summed E-state index contributed by atoms with van der Waals surface area (Å²) in [5.41, 5.74) is 2.03. The van der Waals surface area contributed by atoms with Crippen LogP contribution >= 0.6 is 23.2 Å². The maximum absolute atomic E-state index is 13.8. The van der Waals surface area contributed by atoms with E-state index in [4.69, 9.17) is 23.2 Å². The second-order valence-corrected chi connectivity index (χ2v) is 12.4. The van der Waals surface area contributed by atoms with Gasteiger partial charge in [-0.05, 0) is 49.9 Å². The van der Waals surface area contributed by atoms with Crippen molar-refractivity contribution in [2.45, 2.75) is 71.0 Å². The fraction of sp³-hybridized carbons (Fsp3) is 0.481. The van der Waals surface area contributed by atoms with Crippen molar-refractivity contribution in [2.75, 3.05) is 17.1 Å². The van der Waals surface area contributed by atoms with E-state index in [-0.39, 0.29) is 29.2 Å². The zero-order valence-corrected chi connectivity index (χ0v) is 23.9. The van der Waals surface area contributed by atoms with Crippen molar-refractivity contribution >= 4 is 50.7 Å². The summed E-state index contributed by atoms with van der Waals surface area (Å²) in [5, 5.41) is 3.59. The molecule has 1 fully saturated rings. The van der Waals surface area contributed by atoms with E-state index >= 15 is 0 Å². The number of halogens is 2. The van der Waals surface area contributed by atoms with Crippen molar-refractivity contribution in [1.82, 2.24) is 10.2 Å². The highest BCUT2D eigenvalue weighted by atomic mass is 35.5. The van der Waals surface area contributed by atoms with Gasteiger partial charge in [-0.25, -0.2) is 8.42 Å². The molecule has 0 heterocycles. The molecule has 2 aromatic carbocycles. The van der Waals surface area contributed by atoms with E-state index in [9.17, 15) is 18.0 Å². The second-order valence-electron chi connectivity index (χ2n) is 9.64. The Morgan fingerprint density at radius 3 is 2.38 bits per heavy atom. The van der Waals surface area contributed by atoms with Crippen LogP contribution in [0.3, 0.4) is 0 Å². The van der Waals surface area contributed by atoms with Gasteiger partial charge in [0.2, 0.25) is 21.8 Å². The molecule has 1 N–H and O–H groups in total. The molecule has 0 saturated heterocycles. The number of benzene rings is 2. The number of aryl methyl sites for hydroxylation is 1. The summed E-state index contributed by atoms with van der Waals surface area (Å²) in [5.74, 6) is -0.713. The number of carbonyl (C=O) groups is 2. The van der Waals surface area contributed by atoms with E-state index < -0.39 is 28.5 Å². The Balaban J connectivity index is 1.93. The van der Waals surface area contributed by atoms with Gasteiger partial charge in [-0.3, -0.25) is 13.9 Å². The van der Waals surface area contributed by atoms with E-state index in [1.54, 1.807) is 0 Å².